The van der Waals surface area contributed by atoms with Gasteiger partial charge in [-0.15, -0.1) is 0 Å². The van der Waals surface area contributed by atoms with Gasteiger partial charge in [0.1, 0.15) is 11.3 Å². The maximum absolute atomic E-state index is 12.0. The van der Waals surface area contributed by atoms with E-state index < -0.39 is 11.4 Å². The molecular weight excluding hydrogens is 284 g/mol. The number of H-pyrrole nitrogens is 1. The van der Waals surface area contributed by atoms with E-state index in [0.717, 1.165) is 0 Å². The summed E-state index contributed by atoms with van der Waals surface area (Å²) < 4.78 is 1.59. The van der Waals surface area contributed by atoms with Crippen molar-refractivity contribution in [3.63, 3.8) is 0 Å². The number of pyridine rings is 1. The van der Waals surface area contributed by atoms with Gasteiger partial charge in [0, 0.05) is 24.1 Å². The van der Waals surface area contributed by atoms with Gasteiger partial charge in [-0.25, -0.2) is 4.79 Å². The van der Waals surface area contributed by atoms with Crippen molar-refractivity contribution in [1.82, 2.24) is 9.55 Å². The number of carboxylic acid groups (broad SMARTS) is 1. The highest BCUT2D eigenvalue weighted by molar-refractivity contribution is 5.87. The second kappa shape index (κ2) is 5.25. The van der Waals surface area contributed by atoms with E-state index in [1.54, 1.807) is 35.0 Å². The van der Waals surface area contributed by atoms with Crippen LogP contribution >= 0.6 is 0 Å². The van der Waals surface area contributed by atoms with Crippen LogP contribution < -0.4 is 5.43 Å². The molecule has 0 radical (unpaired) electrons. The minimum absolute atomic E-state index is 0.102. The van der Waals surface area contributed by atoms with Gasteiger partial charge in [-0.1, -0.05) is 0 Å². The van der Waals surface area contributed by atoms with Crippen LogP contribution in [0.1, 0.15) is 10.4 Å². The van der Waals surface area contributed by atoms with Crippen molar-refractivity contribution in [1.29, 1.82) is 0 Å². The van der Waals surface area contributed by atoms with Crippen LogP contribution in [0.25, 0.3) is 17.1 Å². The fraction of sp³-hybridized carbons (Fsp3) is 0. The summed E-state index contributed by atoms with van der Waals surface area (Å²) in [6.45, 7) is 0. The molecule has 0 aliphatic rings. The van der Waals surface area contributed by atoms with Crippen molar-refractivity contribution in [2.45, 2.75) is 0 Å². The molecular formula is C16H12N2O4. The summed E-state index contributed by atoms with van der Waals surface area (Å²) in [5, 5.41) is 18.5. The first-order chi connectivity index (χ1) is 10.6. The molecule has 0 fully saturated rings. The summed E-state index contributed by atoms with van der Waals surface area (Å²) in [5.74, 6) is -1.18. The van der Waals surface area contributed by atoms with Crippen LogP contribution in [0, 0.1) is 0 Å². The van der Waals surface area contributed by atoms with Crippen molar-refractivity contribution < 1.29 is 15.0 Å². The molecule has 2 aromatic heterocycles. The summed E-state index contributed by atoms with van der Waals surface area (Å²) >= 11 is 0. The molecule has 0 aliphatic carbocycles. The Kier molecular flexibility index (Phi) is 3.27. The summed E-state index contributed by atoms with van der Waals surface area (Å²) in [4.78, 5) is 26.2. The van der Waals surface area contributed by atoms with E-state index in [2.05, 4.69) is 4.98 Å². The highest BCUT2D eigenvalue weighted by Crippen LogP contribution is 2.22. The number of hydrogen-bond donors (Lipinski definition) is 3. The number of phenols is 1. The molecule has 1 aromatic carbocycles. The number of hydrogen-bond acceptors (Lipinski definition) is 3. The minimum atomic E-state index is -1.28. The van der Waals surface area contributed by atoms with E-state index in [9.17, 15) is 14.7 Å². The smallest absolute Gasteiger partial charge is 0.341 e. The largest absolute Gasteiger partial charge is 0.508 e. The van der Waals surface area contributed by atoms with Gasteiger partial charge >= 0.3 is 5.97 Å². The van der Waals surface area contributed by atoms with E-state index in [4.69, 9.17) is 5.11 Å². The SMILES string of the molecule is O=C(O)c1cn(-c2ccc(O)cc2)c(-c2ccc[nH]2)cc1=O. The Morgan fingerprint density at radius 1 is 1.14 bits per heavy atom. The monoisotopic (exact) mass is 296 g/mol. The van der Waals surface area contributed by atoms with Crippen molar-refractivity contribution in [3.8, 4) is 22.8 Å². The van der Waals surface area contributed by atoms with Crippen molar-refractivity contribution in [2.75, 3.05) is 0 Å². The molecule has 3 aromatic rings. The number of rotatable bonds is 3. The highest BCUT2D eigenvalue weighted by Gasteiger charge is 2.15. The molecule has 6 nitrogen and oxygen atoms in total. The van der Waals surface area contributed by atoms with Gasteiger partial charge in [-0.2, -0.15) is 0 Å². The molecule has 0 spiro atoms. The molecule has 0 bridgehead atoms. The molecule has 6 heteroatoms. The molecule has 22 heavy (non-hydrogen) atoms. The Morgan fingerprint density at radius 2 is 1.86 bits per heavy atom. The zero-order chi connectivity index (χ0) is 15.7. The number of aromatic carboxylic acids is 1. The van der Waals surface area contributed by atoms with Crippen molar-refractivity contribution >= 4 is 5.97 Å². The Labute approximate surface area is 124 Å². The Bertz CT molecular complexity index is 878. The Balaban J connectivity index is 2.29. The third-order valence-electron chi connectivity index (χ3n) is 3.28. The van der Waals surface area contributed by atoms with E-state index in [0.29, 0.717) is 17.1 Å². The number of aromatic hydroxyl groups is 1. The van der Waals surface area contributed by atoms with Gasteiger partial charge < -0.3 is 19.8 Å². The summed E-state index contributed by atoms with van der Waals surface area (Å²) in [6, 6.07) is 11.1. The number of phenolic OH excluding ortho intramolecular Hbond substituents is 1. The summed E-state index contributed by atoms with van der Waals surface area (Å²) in [6.07, 6.45) is 3.00. The average molecular weight is 296 g/mol. The first kappa shape index (κ1) is 13.7. The quantitative estimate of drug-likeness (QED) is 0.690. The van der Waals surface area contributed by atoms with Crippen LogP contribution in [0.5, 0.6) is 5.75 Å². The molecule has 0 unspecified atom stereocenters. The number of carbonyl (C=O) groups is 1. The predicted molar refractivity (Wildman–Crippen MR) is 80.4 cm³/mol. The topological polar surface area (TPSA) is 95.3 Å². The number of nitrogens with one attached hydrogen (secondary N) is 1. The molecule has 3 N–H and O–H groups in total. The Morgan fingerprint density at radius 3 is 2.45 bits per heavy atom. The lowest BCUT2D eigenvalue weighted by Crippen LogP contribution is -2.18. The fourth-order valence-corrected chi connectivity index (χ4v) is 2.22. The normalized spacial score (nSPS) is 10.5. The van der Waals surface area contributed by atoms with E-state index in [1.165, 1.54) is 24.4 Å². The first-order valence-electron chi connectivity index (χ1n) is 6.49. The van der Waals surface area contributed by atoms with Gasteiger partial charge in [-0.05, 0) is 36.4 Å². The van der Waals surface area contributed by atoms with Gasteiger partial charge in [0.25, 0.3) is 0 Å². The molecule has 3 rings (SSSR count). The van der Waals surface area contributed by atoms with E-state index in [-0.39, 0.29) is 11.3 Å². The van der Waals surface area contributed by atoms with Crippen LogP contribution in [0.2, 0.25) is 0 Å². The van der Waals surface area contributed by atoms with Crippen molar-refractivity contribution in [3.05, 3.63) is 70.6 Å². The lowest BCUT2D eigenvalue weighted by atomic mass is 10.1. The zero-order valence-corrected chi connectivity index (χ0v) is 11.4. The number of aromatic nitrogens is 2. The number of nitrogens with zero attached hydrogens (tertiary/aromatic N) is 1. The highest BCUT2D eigenvalue weighted by atomic mass is 16.4. The second-order valence-corrected chi connectivity index (χ2v) is 4.71. The van der Waals surface area contributed by atoms with Crippen LogP contribution in [-0.2, 0) is 0 Å². The molecule has 0 atom stereocenters. The maximum Gasteiger partial charge on any atom is 0.341 e. The number of aromatic amines is 1. The molecule has 0 saturated heterocycles. The van der Waals surface area contributed by atoms with Crippen molar-refractivity contribution in [2.24, 2.45) is 0 Å². The van der Waals surface area contributed by atoms with Crippen LogP contribution in [0.3, 0.4) is 0 Å². The number of carboxylic acids is 1. The minimum Gasteiger partial charge on any atom is -0.508 e. The Hall–Kier alpha value is -3.28. The number of benzene rings is 1. The zero-order valence-electron chi connectivity index (χ0n) is 11.4. The average Bonchev–Trinajstić information content (AvgIpc) is 3.02. The fourth-order valence-electron chi connectivity index (χ4n) is 2.22. The van der Waals surface area contributed by atoms with Gasteiger partial charge in [0.05, 0.1) is 11.4 Å². The predicted octanol–water partition coefficient (Wildman–Crippen LogP) is 2.24. The first-order valence-corrected chi connectivity index (χ1v) is 6.49. The second-order valence-electron chi connectivity index (χ2n) is 4.71. The van der Waals surface area contributed by atoms with Crippen LogP contribution in [0.4, 0.5) is 0 Å². The standard InChI is InChI=1S/C16H12N2O4/c19-11-5-3-10(4-6-11)18-9-12(16(21)22)15(20)8-14(18)13-2-1-7-17-13/h1-9,17,19H,(H,21,22). The van der Waals surface area contributed by atoms with E-state index in [1.807, 2.05) is 0 Å². The molecule has 0 aliphatic heterocycles. The summed E-state index contributed by atoms with van der Waals surface area (Å²) in [7, 11) is 0. The maximum atomic E-state index is 12.0. The third-order valence-corrected chi connectivity index (χ3v) is 3.28. The lowest BCUT2D eigenvalue weighted by molar-refractivity contribution is 0.0695. The van der Waals surface area contributed by atoms with Gasteiger partial charge in [0.2, 0.25) is 0 Å². The summed E-state index contributed by atoms with van der Waals surface area (Å²) in [5.41, 5.74) is 0.966. The lowest BCUT2D eigenvalue weighted by Gasteiger charge is -2.13. The van der Waals surface area contributed by atoms with Crippen LogP contribution in [-0.4, -0.2) is 25.7 Å². The molecule has 0 saturated carbocycles. The molecule has 0 amide bonds. The van der Waals surface area contributed by atoms with E-state index >= 15 is 0 Å². The van der Waals surface area contributed by atoms with Gasteiger partial charge in [-0.3, -0.25) is 4.79 Å². The van der Waals surface area contributed by atoms with Gasteiger partial charge in [0.15, 0.2) is 5.43 Å². The third kappa shape index (κ3) is 2.37. The molecule has 2 heterocycles. The molecule has 110 valence electrons. The van der Waals surface area contributed by atoms with Crippen LogP contribution in [0.15, 0.2) is 59.7 Å².